The van der Waals surface area contributed by atoms with Crippen LogP contribution < -0.4 is 10.1 Å². The summed E-state index contributed by atoms with van der Waals surface area (Å²) in [6.07, 6.45) is 0. The summed E-state index contributed by atoms with van der Waals surface area (Å²) in [5.41, 5.74) is 3.78. The summed E-state index contributed by atoms with van der Waals surface area (Å²) in [5, 5.41) is 3.49. The van der Waals surface area contributed by atoms with Gasteiger partial charge < -0.3 is 14.8 Å². The molecule has 3 nitrogen and oxygen atoms in total. The second-order valence-electron chi connectivity index (χ2n) is 4.49. The van der Waals surface area contributed by atoms with Crippen LogP contribution in [0.2, 0.25) is 0 Å². The molecule has 0 aliphatic carbocycles. The fourth-order valence-electron chi connectivity index (χ4n) is 2.26. The Morgan fingerprint density at radius 2 is 2.18 bits per heavy atom. The van der Waals surface area contributed by atoms with Gasteiger partial charge in [0, 0.05) is 6.54 Å². The van der Waals surface area contributed by atoms with E-state index < -0.39 is 0 Å². The molecule has 1 aromatic rings. The summed E-state index contributed by atoms with van der Waals surface area (Å²) in [5.74, 6) is 0.991. The van der Waals surface area contributed by atoms with Crippen LogP contribution in [0.1, 0.15) is 29.7 Å². The molecule has 2 rings (SSSR count). The fraction of sp³-hybridized carbons (Fsp3) is 0.571. The van der Waals surface area contributed by atoms with Gasteiger partial charge in [-0.3, -0.25) is 0 Å². The monoisotopic (exact) mass is 235 g/mol. The third kappa shape index (κ3) is 2.79. The predicted molar refractivity (Wildman–Crippen MR) is 68.6 cm³/mol. The van der Waals surface area contributed by atoms with Gasteiger partial charge in [-0.15, -0.1) is 0 Å². The standard InChI is InChI=1S/C14H21NO2/c1-4-17-14-8-10(2)12(7-11(14)3)13-9-16-6-5-15-13/h7-8,13,15H,4-6,9H2,1-3H3. The first-order valence-electron chi connectivity index (χ1n) is 6.27. The van der Waals surface area contributed by atoms with Crippen molar-refractivity contribution >= 4 is 0 Å². The minimum atomic E-state index is 0.318. The number of benzene rings is 1. The van der Waals surface area contributed by atoms with Crippen LogP contribution in [0.25, 0.3) is 0 Å². The Hall–Kier alpha value is -1.06. The molecule has 0 bridgehead atoms. The molecule has 17 heavy (non-hydrogen) atoms. The molecule has 0 aromatic heterocycles. The van der Waals surface area contributed by atoms with E-state index in [2.05, 4.69) is 31.3 Å². The summed E-state index contributed by atoms with van der Waals surface area (Å²) in [7, 11) is 0. The minimum absolute atomic E-state index is 0.318. The highest BCUT2D eigenvalue weighted by Crippen LogP contribution is 2.27. The first-order valence-corrected chi connectivity index (χ1v) is 6.27. The van der Waals surface area contributed by atoms with Gasteiger partial charge in [0.1, 0.15) is 5.75 Å². The number of hydrogen-bond acceptors (Lipinski definition) is 3. The zero-order valence-corrected chi connectivity index (χ0v) is 10.9. The highest BCUT2D eigenvalue weighted by atomic mass is 16.5. The molecule has 3 heteroatoms. The summed E-state index contributed by atoms with van der Waals surface area (Å²) < 4.78 is 11.1. The zero-order valence-electron chi connectivity index (χ0n) is 10.9. The molecule has 1 aliphatic heterocycles. The Kier molecular flexibility index (Phi) is 4.02. The molecule has 0 spiro atoms. The van der Waals surface area contributed by atoms with Crippen molar-refractivity contribution in [1.29, 1.82) is 0 Å². The van der Waals surface area contributed by atoms with Crippen LogP contribution in [0.5, 0.6) is 5.75 Å². The lowest BCUT2D eigenvalue weighted by atomic mass is 9.98. The first kappa shape index (κ1) is 12.4. The Labute approximate surface area is 103 Å². The smallest absolute Gasteiger partial charge is 0.122 e. The van der Waals surface area contributed by atoms with E-state index in [1.165, 1.54) is 16.7 Å². The summed E-state index contributed by atoms with van der Waals surface area (Å²) in [6, 6.07) is 4.66. The molecule has 1 aliphatic rings. The van der Waals surface area contributed by atoms with E-state index in [-0.39, 0.29) is 0 Å². The molecule has 94 valence electrons. The van der Waals surface area contributed by atoms with E-state index >= 15 is 0 Å². The molecule has 1 unspecified atom stereocenters. The molecule has 0 amide bonds. The predicted octanol–water partition coefficient (Wildman–Crippen LogP) is 2.36. The van der Waals surface area contributed by atoms with Crippen LogP contribution in [-0.2, 0) is 4.74 Å². The van der Waals surface area contributed by atoms with E-state index in [1.54, 1.807) is 0 Å². The average Bonchev–Trinajstić information content (AvgIpc) is 2.35. The molecule has 1 heterocycles. The van der Waals surface area contributed by atoms with Gasteiger partial charge >= 0.3 is 0 Å². The van der Waals surface area contributed by atoms with Gasteiger partial charge in [-0.2, -0.15) is 0 Å². The van der Waals surface area contributed by atoms with Gasteiger partial charge in [0.15, 0.2) is 0 Å². The zero-order chi connectivity index (χ0) is 12.3. The van der Waals surface area contributed by atoms with Gasteiger partial charge in [-0.05, 0) is 43.5 Å². The van der Waals surface area contributed by atoms with Crippen molar-refractivity contribution in [2.24, 2.45) is 0 Å². The van der Waals surface area contributed by atoms with Crippen LogP contribution in [-0.4, -0.2) is 26.4 Å². The SMILES string of the molecule is CCOc1cc(C)c(C2COCCN2)cc1C. The molecule has 0 saturated carbocycles. The van der Waals surface area contributed by atoms with Crippen molar-refractivity contribution in [3.05, 3.63) is 28.8 Å². The van der Waals surface area contributed by atoms with E-state index in [1.807, 2.05) is 6.92 Å². The van der Waals surface area contributed by atoms with Gasteiger partial charge in [-0.1, -0.05) is 6.07 Å². The van der Waals surface area contributed by atoms with Crippen LogP contribution in [0.3, 0.4) is 0 Å². The van der Waals surface area contributed by atoms with Crippen molar-refractivity contribution in [1.82, 2.24) is 5.32 Å². The van der Waals surface area contributed by atoms with E-state index in [9.17, 15) is 0 Å². The molecule has 1 N–H and O–H groups in total. The highest BCUT2D eigenvalue weighted by molar-refractivity contribution is 5.43. The van der Waals surface area contributed by atoms with Gasteiger partial charge in [0.05, 0.1) is 25.9 Å². The Balaban J connectivity index is 2.25. The lowest BCUT2D eigenvalue weighted by molar-refractivity contribution is 0.0766. The maximum Gasteiger partial charge on any atom is 0.122 e. The normalized spacial score (nSPS) is 20.3. The van der Waals surface area contributed by atoms with Crippen molar-refractivity contribution in [3.8, 4) is 5.75 Å². The Morgan fingerprint density at radius 1 is 1.35 bits per heavy atom. The number of nitrogens with one attached hydrogen (secondary N) is 1. The maximum atomic E-state index is 5.61. The number of morpholine rings is 1. The highest BCUT2D eigenvalue weighted by Gasteiger charge is 2.18. The van der Waals surface area contributed by atoms with Crippen LogP contribution in [0.4, 0.5) is 0 Å². The number of aryl methyl sites for hydroxylation is 2. The summed E-state index contributed by atoms with van der Waals surface area (Å²) >= 11 is 0. The van der Waals surface area contributed by atoms with E-state index in [0.717, 1.165) is 25.5 Å². The summed E-state index contributed by atoms with van der Waals surface area (Å²) in [4.78, 5) is 0. The molecule has 1 fully saturated rings. The molecule has 1 saturated heterocycles. The second-order valence-corrected chi connectivity index (χ2v) is 4.49. The van der Waals surface area contributed by atoms with Crippen LogP contribution in [0, 0.1) is 13.8 Å². The Bertz CT molecular complexity index is 384. The lowest BCUT2D eigenvalue weighted by Crippen LogP contribution is -2.35. The molecular formula is C14H21NO2. The topological polar surface area (TPSA) is 30.5 Å². The minimum Gasteiger partial charge on any atom is -0.494 e. The Morgan fingerprint density at radius 3 is 2.82 bits per heavy atom. The quantitative estimate of drug-likeness (QED) is 0.872. The van der Waals surface area contributed by atoms with Gasteiger partial charge in [-0.25, -0.2) is 0 Å². The molecule has 1 atom stereocenters. The largest absolute Gasteiger partial charge is 0.494 e. The van der Waals surface area contributed by atoms with Gasteiger partial charge in [0.2, 0.25) is 0 Å². The van der Waals surface area contributed by atoms with Crippen molar-refractivity contribution in [3.63, 3.8) is 0 Å². The number of rotatable bonds is 3. The van der Waals surface area contributed by atoms with E-state index in [4.69, 9.17) is 9.47 Å². The number of ether oxygens (including phenoxy) is 2. The molecular weight excluding hydrogens is 214 g/mol. The number of hydrogen-bond donors (Lipinski definition) is 1. The first-order chi connectivity index (χ1) is 8.22. The molecule has 0 radical (unpaired) electrons. The molecule has 1 aromatic carbocycles. The van der Waals surface area contributed by atoms with Crippen molar-refractivity contribution < 1.29 is 9.47 Å². The second kappa shape index (κ2) is 5.52. The lowest BCUT2D eigenvalue weighted by Gasteiger charge is -2.26. The van der Waals surface area contributed by atoms with E-state index in [0.29, 0.717) is 12.6 Å². The maximum absolute atomic E-state index is 5.61. The van der Waals surface area contributed by atoms with Crippen LogP contribution in [0.15, 0.2) is 12.1 Å². The van der Waals surface area contributed by atoms with Crippen LogP contribution >= 0.6 is 0 Å². The third-order valence-corrected chi connectivity index (χ3v) is 3.16. The van der Waals surface area contributed by atoms with Crippen molar-refractivity contribution in [2.45, 2.75) is 26.8 Å². The average molecular weight is 235 g/mol. The fourth-order valence-corrected chi connectivity index (χ4v) is 2.26. The third-order valence-electron chi connectivity index (χ3n) is 3.16. The van der Waals surface area contributed by atoms with Gasteiger partial charge in [0.25, 0.3) is 0 Å². The van der Waals surface area contributed by atoms with Crippen molar-refractivity contribution in [2.75, 3.05) is 26.4 Å². The summed E-state index contributed by atoms with van der Waals surface area (Å²) in [6.45, 7) is 9.45.